The van der Waals surface area contributed by atoms with E-state index in [4.69, 9.17) is 0 Å². The van der Waals surface area contributed by atoms with Gasteiger partial charge in [0.05, 0.1) is 0 Å². The summed E-state index contributed by atoms with van der Waals surface area (Å²) in [6, 6.07) is 0. The molecule has 0 fully saturated rings. The number of unbranched alkanes of at least 4 members (excludes halogenated alkanes) is 4. The van der Waals surface area contributed by atoms with Crippen LogP contribution in [0, 0.1) is 23.7 Å². The molecule has 2 atom stereocenters. The maximum Gasteiger partial charge on any atom is -0.0309 e. The van der Waals surface area contributed by atoms with Gasteiger partial charge in [-0.3, -0.25) is 0 Å². The molecule has 0 saturated heterocycles. The quantitative estimate of drug-likeness (QED) is 0.362. The Bertz CT molecular complexity index is 180. The summed E-state index contributed by atoms with van der Waals surface area (Å²) < 4.78 is 0. The van der Waals surface area contributed by atoms with Crippen LogP contribution in [0.5, 0.6) is 0 Å². The second kappa shape index (κ2) is 9.87. The first-order valence-corrected chi connectivity index (χ1v) is 8.29. The van der Waals surface area contributed by atoms with Crippen LogP contribution in [-0.2, 0) is 0 Å². The Morgan fingerprint density at radius 1 is 0.944 bits per heavy atom. The average Bonchev–Trinajstić information content (AvgIpc) is 2.32. The summed E-state index contributed by atoms with van der Waals surface area (Å²) in [5.74, 6) is 1.63. The molecule has 0 aliphatic rings. The summed E-state index contributed by atoms with van der Waals surface area (Å²) in [6.45, 7) is 14.3. The van der Waals surface area contributed by atoms with E-state index in [1.807, 2.05) is 0 Å². The highest BCUT2D eigenvalue weighted by Gasteiger charge is 2.31. The number of hydrogen-bond acceptors (Lipinski definition) is 0. The molecular weight excluding hydrogens is 216 g/mol. The molecule has 0 rings (SSSR count). The van der Waals surface area contributed by atoms with E-state index >= 15 is 0 Å². The Balaban J connectivity index is 4.22. The third-order valence-corrected chi connectivity index (χ3v) is 4.56. The van der Waals surface area contributed by atoms with Crippen molar-refractivity contribution in [3.8, 4) is 0 Å². The SMILES string of the molecule is C[CH]C(C(C)CCCC)C(C)(C)CCCCCC. The summed E-state index contributed by atoms with van der Waals surface area (Å²) in [4.78, 5) is 0. The van der Waals surface area contributed by atoms with E-state index in [0.29, 0.717) is 5.41 Å². The van der Waals surface area contributed by atoms with Gasteiger partial charge in [-0.2, -0.15) is 0 Å². The highest BCUT2D eigenvalue weighted by Crippen LogP contribution is 2.40. The van der Waals surface area contributed by atoms with Crippen LogP contribution in [0.15, 0.2) is 0 Å². The Labute approximate surface area is 117 Å². The topological polar surface area (TPSA) is 0 Å². The van der Waals surface area contributed by atoms with Crippen molar-refractivity contribution in [2.45, 2.75) is 92.9 Å². The van der Waals surface area contributed by atoms with Crippen LogP contribution < -0.4 is 0 Å². The lowest BCUT2D eigenvalue weighted by Crippen LogP contribution is -2.29. The second-order valence-corrected chi connectivity index (χ2v) is 6.78. The zero-order valence-electron chi connectivity index (χ0n) is 13.9. The molecule has 18 heavy (non-hydrogen) atoms. The minimum Gasteiger partial charge on any atom is -0.0654 e. The van der Waals surface area contributed by atoms with Gasteiger partial charge in [-0.1, -0.05) is 86.5 Å². The molecule has 0 N–H and O–H groups in total. The summed E-state index contributed by atoms with van der Waals surface area (Å²) in [6.07, 6.45) is 13.5. The van der Waals surface area contributed by atoms with Gasteiger partial charge in [-0.25, -0.2) is 0 Å². The first-order chi connectivity index (χ1) is 8.49. The predicted molar refractivity (Wildman–Crippen MR) is 84.7 cm³/mol. The fourth-order valence-electron chi connectivity index (χ4n) is 3.43. The van der Waals surface area contributed by atoms with Crippen molar-refractivity contribution in [2.75, 3.05) is 0 Å². The molecule has 0 aliphatic heterocycles. The molecule has 0 spiro atoms. The first-order valence-electron chi connectivity index (χ1n) is 8.29. The molecule has 0 amide bonds. The maximum absolute atomic E-state index is 2.48. The molecule has 1 radical (unpaired) electrons. The number of rotatable bonds is 11. The van der Waals surface area contributed by atoms with Crippen molar-refractivity contribution in [3.63, 3.8) is 0 Å². The Morgan fingerprint density at radius 3 is 2.06 bits per heavy atom. The molecular formula is C18H37. The number of hydrogen-bond donors (Lipinski definition) is 0. The lowest BCUT2D eigenvalue weighted by Gasteiger charge is -2.38. The Hall–Kier alpha value is 0. The first kappa shape index (κ1) is 18.0. The van der Waals surface area contributed by atoms with Crippen LogP contribution in [0.3, 0.4) is 0 Å². The van der Waals surface area contributed by atoms with Crippen molar-refractivity contribution >= 4 is 0 Å². The monoisotopic (exact) mass is 253 g/mol. The molecule has 0 saturated carbocycles. The van der Waals surface area contributed by atoms with Crippen molar-refractivity contribution in [1.82, 2.24) is 0 Å². The normalized spacial score (nSPS) is 15.7. The lowest BCUT2D eigenvalue weighted by atomic mass is 9.67. The fourth-order valence-corrected chi connectivity index (χ4v) is 3.43. The summed E-state index contributed by atoms with van der Waals surface area (Å²) in [5.41, 5.74) is 0.482. The van der Waals surface area contributed by atoms with Crippen LogP contribution in [0.4, 0.5) is 0 Å². The molecule has 0 aromatic carbocycles. The van der Waals surface area contributed by atoms with E-state index in [9.17, 15) is 0 Å². The molecule has 0 aromatic heterocycles. The second-order valence-electron chi connectivity index (χ2n) is 6.78. The van der Waals surface area contributed by atoms with E-state index in [0.717, 1.165) is 11.8 Å². The van der Waals surface area contributed by atoms with E-state index in [1.54, 1.807) is 0 Å². The van der Waals surface area contributed by atoms with Gasteiger partial charge in [-0.15, -0.1) is 0 Å². The molecule has 0 heteroatoms. The standard InChI is InChI=1S/C18H37/c1-7-10-12-13-15-18(5,6)17(9-3)16(4)14-11-8-2/h9,16-17H,7-8,10-15H2,1-6H3. The molecule has 0 aliphatic carbocycles. The van der Waals surface area contributed by atoms with Crippen LogP contribution in [0.2, 0.25) is 0 Å². The Morgan fingerprint density at radius 2 is 1.56 bits per heavy atom. The minimum atomic E-state index is 0.482. The molecule has 2 unspecified atom stereocenters. The third-order valence-electron chi connectivity index (χ3n) is 4.56. The predicted octanol–water partition coefficient (Wildman–Crippen LogP) is 6.65. The van der Waals surface area contributed by atoms with Gasteiger partial charge in [0.15, 0.2) is 0 Å². The van der Waals surface area contributed by atoms with Crippen molar-refractivity contribution in [1.29, 1.82) is 0 Å². The fraction of sp³-hybridized carbons (Fsp3) is 0.944. The van der Waals surface area contributed by atoms with E-state index < -0.39 is 0 Å². The zero-order chi connectivity index (χ0) is 14.0. The summed E-state index contributed by atoms with van der Waals surface area (Å²) >= 11 is 0. The molecule has 0 heterocycles. The van der Waals surface area contributed by atoms with E-state index in [2.05, 4.69) is 48.0 Å². The molecule has 0 aromatic rings. The average molecular weight is 253 g/mol. The van der Waals surface area contributed by atoms with Crippen molar-refractivity contribution in [3.05, 3.63) is 6.42 Å². The van der Waals surface area contributed by atoms with Crippen molar-refractivity contribution in [2.24, 2.45) is 17.3 Å². The van der Waals surface area contributed by atoms with Crippen LogP contribution >= 0.6 is 0 Å². The lowest BCUT2D eigenvalue weighted by molar-refractivity contribution is 0.152. The van der Waals surface area contributed by atoms with Gasteiger partial charge in [0.25, 0.3) is 0 Å². The van der Waals surface area contributed by atoms with Gasteiger partial charge in [-0.05, 0) is 30.1 Å². The molecule has 0 bridgehead atoms. The van der Waals surface area contributed by atoms with E-state index in [-0.39, 0.29) is 0 Å². The largest absolute Gasteiger partial charge is 0.0654 e. The van der Waals surface area contributed by atoms with Crippen molar-refractivity contribution < 1.29 is 0 Å². The van der Waals surface area contributed by atoms with Crippen LogP contribution in [0.25, 0.3) is 0 Å². The third kappa shape index (κ3) is 6.81. The smallest absolute Gasteiger partial charge is 0.0309 e. The van der Waals surface area contributed by atoms with Gasteiger partial charge in [0, 0.05) is 0 Å². The van der Waals surface area contributed by atoms with Gasteiger partial charge >= 0.3 is 0 Å². The molecule has 0 nitrogen and oxygen atoms in total. The van der Waals surface area contributed by atoms with Gasteiger partial charge < -0.3 is 0 Å². The highest BCUT2D eigenvalue weighted by atomic mass is 14.4. The van der Waals surface area contributed by atoms with Gasteiger partial charge in [0.1, 0.15) is 0 Å². The summed E-state index contributed by atoms with van der Waals surface area (Å²) in [5, 5.41) is 0. The summed E-state index contributed by atoms with van der Waals surface area (Å²) in [7, 11) is 0. The zero-order valence-corrected chi connectivity index (χ0v) is 13.9. The molecule has 109 valence electrons. The Kier molecular flexibility index (Phi) is 9.87. The maximum atomic E-state index is 2.48. The van der Waals surface area contributed by atoms with E-state index in [1.165, 1.54) is 51.4 Å². The minimum absolute atomic E-state index is 0.482. The van der Waals surface area contributed by atoms with Crippen LogP contribution in [-0.4, -0.2) is 0 Å². The van der Waals surface area contributed by atoms with Gasteiger partial charge in [0.2, 0.25) is 0 Å². The van der Waals surface area contributed by atoms with Crippen LogP contribution in [0.1, 0.15) is 92.9 Å². The highest BCUT2D eigenvalue weighted by molar-refractivity contribution is 4.89.